The third-order valence-corrected chi connectivity index (χ3v) is 2.60. The van der Waals surface area contributed by atoms with Gasteiger partial charge in [-0.05, 0) is 25.2 Å². The first-order valence-corrected chi connectivity index (χ1v) is 5.33. The Hall–Kier alpha value is -0.900. The summed E-state index contributed by atoms with van der Waals surface area (Å²) in [6.45, 7) is 4.36. The van der Waals surface area contributed by atoms with Crippen LogP contribution >= 0.6 is 0 Å². The molecule has 0 spiro atoms. The minimum absolute atomic E-state index is 0.0399. The van der Waals surface area contributed by atoms with Crippen molar-refractivity contribution in [3.05, 3.63) is 12.2 Å². The van der Waals surface area contributed by atoms with Crippen molar-refractivity contribution in [3.63, 3.8) is 0 Å². The standard InChI is InChI=1S/C10H18N4/c1-7(2)5-9(11)10-13-12-6-14(10)8-3-4-8/h6-9H,3-5,11H2,1-2H3/t9-/m1/s1. The quantitative estimate of drug-likeness (QED) is 0.793. The Balaban J connectivity index is 2.09. The zero-order chi connectivity index (χ0) is 10.1. The van der Waals surface area contributed by atoms with Crippen LogP contribution in [0.2, 0.25) is 0 Å². The summed E-state index contributed by atoms with van der Waals surface area (Å²) >= 11 is 0. The Morgan fingerprint density at radius 3 is 2.86 bits per heavy atom. The van der Waals surface area contributed by atoms with Crippen LogP contribution in [0.25, 0.3) is 0 Å². The van der Waals surface area contributed by atoms with Crippen LogP contribution in [0.1, 0.15) is 51.0 Å². The first-order valence-electron chi connectivity index (χ1n) is 5.33. The molecule has 1 aliphatic carbocycles. The lowest BCUT2D eigenvalue weighted by Crippen LogP contribution is -2.18. The molecule has 0 bridgehead atoms. The van der Waals surface area contributed by atoms with Gasteiger partial charge in [-0.25, -0.2) is 0 Å². The maximum atomic E-state index is 6.08. The minimum Gasteiger partial charge on any atom is -0.321 e. The van der Waals surface area contributed by atoms with Crippen molar-refractivity contribution in [3.8, 4) is 0 Å². The van der Waals surface area contributed by atoms with Crippen molar-refractivity contribution in [2.24, 2.45) is 11.7 Å². The molecule has 0 aromatic carbocycles. The van der Waals surface area contributed by atoms with Crippen LogP contribution in [0, 0.1) is 5.92 Å². The molecular formula is C10H18N4. The van der Waals surface area contributed by atoms with Crippen molar-refractivity contribution in [2.45, 2.75) is 45.2 Å². The molecule has 0 radical (unpaired) electrons. The van der Waals surface area contributed by atoms with Gasteiger partial charge >= 0.3 is 0 Å². The fourth-order valence-electron chi connectivity index (χ4n) is 1.76. The van der Waals surface area contributed by atoms with Gasteiger partial charge in [-0.2, -0.15) is 0 Å². The van der Waals surface area contributed by atoms with Crippen LogP contribution < -0.4 is 5.73 Å². The Morgan fingerprint density at radius 1 is 1.57 bits per heavy atom. The molecule has 1 aliphatic rings. The largest absolute Gasteiger partial charge is 0.321 e. The summed E-state index contributed by atoms with van der Waals surface area (Å²) < 4.78 is 2.15. The van der Waals surface area contributed by atoms with E-state index in [1.54, 1.807) is 0 Å². The van der Waals surface area contributed by atoms with E-state index in [0.29, 0.717) is 12.0 Å². The van der Waals surface area contributed by atoms with Crippen LogP contribution in [0.5, 0.6) is 0 Å². The average Bonchev–Trinajstić information content (AvgIpc) is 2.82. The van der Waals surface area contributed by atoms with E-state index in [1.807, 2.05) is 6.33 Å². The van der Waals surface area contributed by atoms with Gasteiger partial charge in [0.2, 0.25) is 0 Å². The fourth-order valence-corrected chi connectivity index (χ4v) is 1.76. The van der Waals surface area contributed by atoms with Crippen molar-refractivity contribution >= 4 is 0 Å². The molecule has 0 aliphatic heterocycles. The molecule has 0 amide bonds. The molecule has 1 aromatic heterocycles. The third-order valence-electron chi connectivity index (χ3n) is 2.60. The van der Waals surface area contributed by atoms with Crippen molar-refractivity contribution in [2.75, 3.05) is 0 Å². The highest BCUT2D eigenvalue weighted by Gasteiger charge is 2.28. The number of hydrogen-bond donors (Lipinski definition) is 1. The third kappa shape index (κ3) is 1.95. The Labute approximate surface area is 84.5 Å². The molecule has 0 saturated heterocycles. The molecule has 1 fully saturated rings. The second kappa shape index (κ2) is 3.69. The molecule has 0 unspecified atom stereocenters. The summed E-state index contributed by atoms with van der Waals surface area (Å²) in [5, 5.41) is 8.06. The van der Waals surface area contributed by atoms with Crippen molar-refractivity contribution in [1.29, 1.82) is 0 Å². The van der Waals surface area contributed by atoms with E-state index < -0.39 is 0 Å². The summed E-state index contributed by atoms with van der Waals surface area (Å²) in [4.78, 5) is 0. The van der Waals surface area contributed by atoms with E-state index in [9.17, 15) is 0 Å². The molecule has 1 saturated carbocycles. The van der Waals surface area contributed by atoms with E-state index in [1.165, 1.54) is 12.8 Å². The van der Waals surface area contributed by atoms with E-state index in [2.05, 4.69) is 28.6 Å². The van der Waals surface area contributed by atoms with Crippen LogP contribution in [0.15, 0.2) is 6.33 Å². The van der Waals surface area contributed by atoms with Gasteiger partial charge in [0.1, 0.15) is 12.2 Å². The van der Waals surface area contributed by atoms with Crippen LogP contribution in [-0.2, 0) is 0 Å². The van der Waals surface area contributed by atoms with Crippen molar-refractivity contribution in [1.82, 2.24) is 14.8 Å². The normalized spacial score (nSPS) is 18.9. The molecule has 1 aromatic rings. The topological polar surface area (TPSA) is 56.7 Å². The predicted octanol–water partition coefficient (Wildman–Crippen LogP) is 1.66. The molecule has 1 heterocycles. The van der Waals surface area contributed by atoms with Gasteiger partial charge in [0.15, 0.2) is 0 Å². The maximum absolute atomic E-state index is 6.08. The van der Waals surface area contributed by atoms with Crippen LogP contribution in [-0.4, -0.2) is 14.8 Å². The van der Waals surface area contributed by atoms with Gasteiger partial charge in [0.25, 0.3) is 0 Å². The zero-order valence-electron chi connectivity index (χ0n) is 8.85. The second-order valence-electron chi connectivity index (χ2n) is 4.56. The van der Waals surface area contributed by atoms with Crippen LogP contribution in [0.4, 0.5) is 0 Å². The molecule has 1 atom stereocenters. The lowest BCUT2D eigenvalue weighted by Gasteiger charge is -2.14. The number of aromatic nitrogens is 3. The summed E-state index contributed by atoms with van der Waals surface area (Å²) in [7, 11) is 0. The second-order valence-corrected chi connectivity index (χ2v) is 4.56. The summed E-state index contributed by atoms with van der Waals surface area (Å²) in [5.41, 5.74) is 6.08. The first kappa shape index (κ1) is 9.65. The predicted molar refractivity (Wildman–Crippen MR) is 54.7 cm³/mol. The van der Waals surface area contributed by atoms with Gasteiger partial charge in [0, 0.05) is 6.04 Å². The number of nitrogens with zero attached hydrogens (tertiary/aromatic N) is 3. The maximum Gasteiger partial charge on any atom is 0.150 e. The summed E-state index contributed by atoms with van der Waals surface area (Å²) in [6, 6.07) is 0.663. The van der Waals surface area contributed by atoms with Gasteiger partial charge in [-0.3, -0.25) is 0 Å². The lowest BCUT2D eigenvalue weighted by atomic mass is 10.0. The van der Waals surface area contributed by atoms with Gasteiger partial charge in [0.05, 0.1) is 6.04 Å². The first-order chi connectivity index (χ1) is 6.68. The highest BCUT2D eigenvalue weighted by molar-refractivity contribution is 4.99. The molecule has 2 N–H and O–H groups in total. The number of hydrogen-bond acceptors (Lipinski definition) is 3. The van der Waals surface area contributed by atoms with E-state index in [4.69, 9.17) is 5.73 Å². The minimum atomic E-state index is 0.0399. The fraction of sp³-hybridized carbons (Fsp3) is 0.800. The van der Waals surface area contributed by atoms with Gasteiger partial charge in [-0.1, -0.05) is 13.8 Å². The summed E-state index contributed by atoms with van der Waals surface area (Å²) in [5.74, 6) is 1.57. The molecule has 2 rings (SSSR count). The molecule has 4 heteroatoms. The molecule has 4 nitrogen and oxygen atoms in total. The van der Waals surface area contributed by atoms with Gasteiger partial charge < -0.3 is 10.3 Å². The Morgan fingerprint density at radius 2 is 2.29 bits per heavy atom. The average molecular weight is 194 g/mol. The van der Waals surface area contributed by atoms with Crippen molar-refractivity contribution < 1.29 is 0 Å². The summed E-state index contributed by atoms with van der Waals surface area (Å²) in [6.07, 6.45) is 5.29. The molecule has 14 heavy (non-hydrogen) atoms. The van der Waals surface area contributed by atoms with Crippen LogP contribution in [0.3, 0.4) is 0 Å². The van der Waals surface area contributed by atoms with Gasteiger partial charge in [-0.15, -0.1) is 10.2 Å². The Kier molecular flexibility index (Phi) is 2.54. The smallest absolute Gasteiger partial charge is 0.150 e. The molecular weight excluding hydrogens is 176 g/mol. The van der Waals surface area contributed by atoms with E-state index in [-0.39, 0.29) is 6.04 Å². The highest BCUT2D eigenvalue weighted by atomic mass is 15.3. The lowest BCUT2D eigenvalue weighted by molar-refractivity contribution is 0.474. The van der Waals surface area contributed by atoms with E-state index >= 15 is 0 Å². The zero-order valence-corrected chi connectivity index (χ0v) is 8.85. The SMILES string of the molecule is CC(C)C[C@@H](N)c1nncn1C1CC1. The number of nitrogens with two attached hydrogens (primary N) is 1. The number of rotatable bonds is 4. The highest BCUT2D eigenvalue weighted by Crippen LogP contribution is 2.36. The Bertz CT molecular complexity index is 301. The monoisotopic (exact) mass is 194 g/mol. The molecule has 78 valence electrons. The van der Waals surface area contributed by atoms with E-state index in [0.717, 1.165) is 12.2 Å².